The molecular weight excluding hydrogens is 634 g/mol. The van der Waals surface area contributed by atoms with Crippen molar-refractivity contribution in [2.24, 2.45) is 5.10 Å². The van der Waals surface area contributed by atoms with Crippen LogP contribution in [0.25, 0.3) is 0 Å². The lowest BCUT2D eigenvalue weighted by atomic mass is 10.1. The van der Waals surface area contributed by atoms with Crippen LogP contribution in [0.1, 0.15) is 36.6 Å². The van der Waals surface area contributed by atoms with E-state index in [0.717, 1.165) is 0 Å². The van der Waals surface area contributed by atoms with Gasteiger partial charge in [-0.1, -0.05) is 28.1 Å². The molecule has 0 heterocycles. The van der Waals surface area contributed by atoms with Crippen molar-refractivity contribution in [2.75, 3.05) is 33.8 Å². The molecule has 12 heteroatoms. The summed E-state index contributed by atoms with van der Waals surface area (Å²) in [4.78, 5) is 38.9. The van der Waals surface area contributed by atoms with Gasteiger partial charge in [0.2, 0.25) is 5.75 Å². The maximum absolute atomic E-state index is 13.1. The second-order valence-corrected chi connectivity index (χ2v) is 9.83. The second kappa shape index (κ2) is 14.7. The summed E-state index contributed by atoms with van der Waals surface area (Å²) < 4.78 is 27.4. The van der Waals surface area contributed by atoms with Gasteiger partial charge in [-0.3, -0.25) is 9.59 Å². The van der Waals surface area contributed by atoms with Crippen molar-refractivity contribution < 1.29 is 38.1 Å². The molecule has 0 fully saturated rings. The molecule has 0 radical (unpaired) electrons. The monoisotopic (exact) mass is 661 g/mol. The summed E-state index contributed by atoms with van der Waals surface area (Å²) in [5.41, 5.74) is 3.88. The lowest BCUT2D eigenvalue weighted by Gasteiger charge is -2.14. The van der Waals surface area contributed by atoms with Gasteiger partial charge >= 0.3 is 5.97 Å². The summed E-state index contributed by atoms with van der Waals surface area (Å²) in [6.45, 7) is 0. The maximum Gasteiger partial charge on any atom is 0.343 e. The quantitative estimate of drug-likeness (QED) is 0.0902. The van der Waals surface area contributed by atoms with Crippen LogP contribution < -0.4 is 34.4 Å². The highest BCUT2D eigenvalue weighted by Crippen LogP contribution is 2.38. The molecule has 44 heavy (non-hydrogen) atoms. The van der Waals surface area contributed by atoms with Gasteiger partial charge in [0.05, 0.1) is 51.5 Å². The predicted molar refractivity (Wildman–Crippen MR) is 168 cm³/mol. The minimum Gasteiger partial charge on any atom is -0.497 e. The number of halogens is 1. The van der Waals surface area contributed by atoms with Gasteiger partial charge < -0.3 is 29.0 Å². The van der Waals surface area contributed by atoms with Crippen LogP contribution in [0.2, 0.25) is 0 Å². The third kappa shape index (κ3) is 7.53. The van der Waals surface area contributed by atoms with E-state index in [9.17, 15) is 14.4 Å². The molecule has 0 aromatic heterocycles. The molecule has 0 aliphatic rings. The molecule has 4 rings (SSSR count). The number of esters is 1. The summed E-state index contributed by atoms with van der Waals surface area (Å²) in [6.07, 6.45) is 1.33. The van der Waals surface area contributed by atoms with Gasteiger partial charge in [-0.25, -0.2) is 10.2 Å². The highest BCUT2D eigenvalue weighted by Gasteiger charge is 2.20. The van der Waals surface area contributed by atoms with Crippen molar-refractivity contribution in [3.05, 3.63) is 106 Å². The Hall–Kier alpha value is -5.36. The summed E-state index contributed by atoms with van der Waals surface area (Å²) in [5, 5.41) is 6.80. The zero-order valence-corrected chi connectivity index (χ0v) is 25.8. The van der Waals surface area contributed by atoms with Crippen molar-refractivity contribution in [3.8, 4) is 28.7 Å². The van der Waals surface area contributed by atoms with E-state index in [2.05, 4.69) is 31.8 Å². The number of nitrogens with zero attached hydrogens (tertiary/aromatic N) is 1. The van der Waals surface area contributed by atoms with E-state index in [1.54, 1.807) is 66.7 Å². The number of carbonyl (C=O) groups excluding carboxylic acids is 3. The van der Waals surface area contributed by atoms with Gasteiger partial charge in [0, 0.05) is 15.6 Å². The minimum absolute atomic E-state index is 0.159. The summed E-state index contributed by atoms with van der Waals surface area (Å²) >= 11 is 3.39. The third-order valence-electron chi connectivity index (χ3n) is 6.22. The Kier molecular flexibility index (Phi) is 10.5. The molecule has 0 saturated heterocycles. The number of nitrogens with one attached hydrogen (secondary N) is 2. The molecule has 0 spiro atoms. The van der Waals surface area contributed by atoms with Gasteiger partial charge in [0.15, 0.2) is 11.5 Å². The highest BCUT2D eigenvalue weighted by atomic mass is 79.9. The van der Waals surface area contributed by atoms with Crippen LogP contribution >= 0.6 is 15.9 Å². The first-order chi connectivity index (χ1) is 21.3. The van der Waals surface area contributed by atoms with E-state index in [-0.39, 0.29) is 16.9 Å². The number of carbonyl (C=O) groups is 3. The highest BCUT2D eigenvalue weighted by molar-refractivity contribution is 9.10. The molecule has 0 saturated carbocycles. The average Bonchev–Trinajstić information content (AvgIpc) is 3.05. The largest absolute Gasteiger partial charge is 0.497 e. The summed E-state index contributed by atoms with van der Waals surface area (Å²) in [5.74, 6) is 0.0503. The van der Waals surface area contributed by atoms with Crippen LogP contribution in [-0.2, 0) is 0 Å². The Bertz CT molecular complexity index is 1680. The number of ether oxygens (including phenoxy) is 5. The molecule has 11 nitrogen and oxygen atoms in total. The number of hydrogen-bond donors (Lipinski definition) is 2. The summed E-state index contributed by atoms with van der Waals surface area (Å²) in [7, 11) is 5.88. The number of hydrazone groups is 1. The van der Waals surface area contributed by atoms with E-state index in [1.807, 2.05) is 0 Å². The minimum atomic E-state index is -0.688. The molecule has 2 N–H and O–H groups in total. The lowest BCUT2D eigenvalue weighted by Crippen LogP contribution is -2.21. The molecule has 4 aromatic rings. The molecular formula is C32H28BrN3O8. The first-order valence-corrected chi connectivity index (χ1v) is 13.8. The Labute approximate surface area is 261 Å². The van der Waals surface area contributed by atoms with Gasteiger partial charge in [-0.15, -0.1) is 0 Å². The number of rotatable bonds is 11. The molecule has 0 atom stereocenters. The molecule has 226 valence electrons. The van der Waals surface area contributed by atoms with Crippen LogP contribution in [0.4, 0.5) is 5.69 Å². The molecule has 2 amide bonds. The van der Waals surface area contributed by atoms with Crippen molar-refractivity contribution in [1.82, 2.24) is 5.43 Å². The fourth-order valence-corrected chi connectivity index (χ4v) is 4.40. The standard InChI is InChI=1S/C32H28BrN3O8/c1-40-23-12-9-19(10-13-23)30(37)35-25-8-6-5-7-24(25)31(38)36-34-18-21-15-22(33)11-14-26(21)44-32(39)20-16-27(41-2)29(43-4)28(17-20)42-3/h5-18H,1-4H3,(H,35,37)(H,36,38)/b34-18-. The van der Waals surface area contributed by atoms with E-state index in [4.69, 9.17) is 23.7 Å². The molecule has 4 aromatic carbocycles. The molecule has 0 aliphatic heterocycles. The Balaban J connectivity index is 1.49. The van der Waals surface area contributed by atoms with E-state index in [1.165, 1.54) is 46.8 Å². The molecule has 0 bridgehead atoms. The van der Waals surface area contributed by atoms with Gasteiger partial charge in [-0.2, -0.15) is 5.10 Å². The fraction of sp³-hybridized carbons (Fsp3) is 0.125. The number of amides is 2. The second-order valence-electron chi connectivity index (χ2n) is 8.91. The maximum atomic E-state index is 13.1. The zero-order chi connectivity index (χ0) is 31.6. The Morgan fingerprint density at radius 2 is 1.41 bits per heavy atom. The molecule has 0 aliphatic carbocycles. The topological polar surface area (TPSA) is 134 Å². The number of benzene rings is 4. The average molecular weight is 662 g/mol. The normalized spacial score (nSPS) is 10.6. The van der Waals surface area contributed by atoms with Gasteiger partial charge in [-0.05, 0) is 66.7 Å². The molecule has 0 unspecified atom stereocenters. The van der Waals surface area contributed by atoms with Crippen LogP contribution in [0, 0.1) is 0 Å². The Morgan fingerprint density at radius 1 is 0.727 bits per heavy atom. The number of methoxy groups -OCH3 is 4. The van der Waals surface area contributed by atoms with Crippen LogP contribution in [0.5, 0.6) is 28.7 Å². The van der Waals surface area contributed by atoms with E-state index in [0.29, 0.717) is 44.3 Å². The third-order valence-corrected chi connectivity index (χ3v) is 6.71. The van der Waals surface area contributed by atoms with Crippen LogP contribution in [0.3, 0.4) is 0 Å². The number of anilines is 1. The van der Waals surface area contributed by atoms with Crippen molar-refractivity contribution in [1.29, 1.82) is 0 Å². The van der Waals surface area contributed by atoms with Crippen LogP contribution in [0.15, 0.2) is 88.4 Å². The summed E-state index contributed by atoms with van der Waals surface area (Å²) in [6, 6.07) is 21.0. The zero-order valence-electron chi connectivity index (χ0n) is 24.2. The van der Waals surface area contributed by atoms with Gasteiger partial charge in [0.1, 0.15) is 11.5 Å². The van der Waals surface area contributed by atoms with Crippen molar-refractivity contribution in [2.45, 2.75) is 0 Å². The lowest BCUT2D eigenvalue weighted by molar-refractivity contribution is 0.0733. The Morgan fingerprint density at radius 3 is 2.05 bits per heavy atom. The number of para-hydroxylation sites is 1. The number of hydrogen-bond acceptors (Lipinski definition) is 9. The smallest absolute Gasteiger partial charge is 0.343 e. The first kappa shape index (κ1) is 31.6. The van der Waals surface area contributed by atoms with Crippen molar-refractivity contribution in [3.63, 3.8) is 0 Å². The first-order valence-electron chi connectivity index (χ1n) is 13.0. The van der Waals surface area contributed by atoms with Crippen LogP contribution in [-0.4, -0.2) is 52.4 Å². The van der Waals surface area contributed by atoms with E-state index < -0.39 is 17.8 Å². The predicted octanol–water partition coefficient (Wildman–Crippen LogP) is 5.72. The SMILES string of the molecule is COc1ccc(C(=O)Nc2ccccc2C(=O)N/N=C\c2cc(Br)ccc2OC(=O)c2cc(OC)c(OC)c(OC)c2)cc1. The van der Waals surface area contributed by atoms with E-state index >= 15 is 0 Å². The fourth-order valence-electron chi connectivity index (χ4n) is 4.02. The van der Waals surface area contributed by atoms with Gasteiger partial charge in [0.25, 0.3) is 11.8 Å². The van der Waals surface area contributed by atoms with Crippen molar-refractivity contribution >= 4 is 45.6 Å².